The van der Waals surface area contributed by atoms with Gasteiger partial charge in [0.25, 0.3) is 0 Å². The summed E-state index contributed by atoms with van der Waals surface area (Å²) >= 11 is 15.4. The molecule has 0 amide bonds. The lowest BCUT2D eigenvalue weighted by Crippen LogP contribution is -2.30. The minimum atomic E-state index is -0.319. The first-order chi connectivity index (χ1) is 9.51. The normalized spacial score (nSPS) is 12.4. The molecule has 1 unspecified atom stereocenters. The number of nitrogens with one attached hydrogen (secondary N) is 1. The fourth-order valence-electron chi connectivity index (χ4n) is 1.96. The number of hydrogen-bond donors (Lipinski definition) is 2. The topological polar surface area (TPSA) is 38.0 Å². The first kappa shape index (κ1) is 15.7. The molecule has 20 heavy (non-hydrogen) atoms. The summed E-state index contributed by atoms with van der Waals surface area (Å²) < 4.78 is 14.7. The summed E-state index contributed by atoms with van der Waals surface area (Å²) in [5.41, 5.74) is 3.94. The number of hydrazine groups is 1. The molecule has 0 fully saturated rings. The minimum absolute atomic E-state index is 0.312. The number of rotatable bonds is 4. The van der Waals surface area contributed by atoms with E-state index in [1.54, 1.807) is 12.1 Å². The van der Waals surface area contributed by atoms with Crippen LogP contribution >= 0.6 is 39.1 Å². The lowest BCUT2D eigenvalue weighted by atomic mass is 9.99. The van der Waals surface area contributed by atoms with Crippen molar-refractivity contribution in [2.24, 2.45) is 5.84 Å². The molecular formula is C14H12BrCl2FN2. The SMILES string of the molecule is NNC(Cc1cc(Cl)ccc1F)c1cc(Br)ccc1Cl. The number of benzene rings is 2. The van der Waals surface area contributed by atoms with Crippen molar-refractivity contribution in [2.45, 2.75) is 12.5 Å². The summed E-state index contributed by atoms with van der Waals surface area (Å²) in [5.74, 6) is 5.26. The molecule has 0 radical (unpaired) electrons. The van der Waals surface area contributed by atoms with Crippen LogP contribution in [0.15, 0.2) is 40.9 Å². The molecule has 0 spiro atoms. The van der Waals surface area contributed by atoms with Gasteiger partial charge in [-0.05, 0) is 53.9 Å². The van der Waals surface area contributed by atoms with E-state index >= 15 is 0 Å². The Kier molecular flexibility index (Phi) is 5.41. The van der Waals surface area contributed by atoms with Crippen LogP contribution in [0.2, 0.25) is 10.0 Å². The maximum absolute atomic E-state index is 13.8. The molecule has 0 aliphatic carbocycles. The second kappa shape index (κ2) is 6.87. The van der Waals surface area contributed by atoms with Crippen LogP contribution < -0.4 is 11.3 Å². The molecule has 0 heterocycles. The Bertz CT molecular complexity index is 622. The molecule has 0 aliphatic heterocycles. The van der Waals surface area contributed by atoms with Gasteiger partial charge in [-0.15, -0.1) is 0 Å². The van der Waals surface area contributed by atoms with E-state index in [1.165, 1.54) is 12.1 Å². The van der Waals surface area contributed by atoms with E-state index in [4.69, 9.17) is 29.0 Å². The van der Waals surface area contributed by atoms with Gasteiger partial charge in [0.1, 0.15) is 5.82 Å². The van der Waals surface area contributed by atoms with Crippen LogP contribution in [0, 0.1) is 5.82 Å². The van der Waals surface area contributed by atoms with E-state index in [2.05, 4.69) is 21.4 Å². The van der Waals surface area contributed by atoms with E-state index in [0.29, 0.717) is 22.0 Å². The number of halogens is 4. The summed E-state index contributed by atoms with van der Waals surface area (Å²) in [7, 11) is 0. The summed E-state index contributed by atoms with van der Waals surface area (Å²) in [6.45, 7) is 0. The van der Waals surface area contributed by atoms with Crippen molar-refractivity contribution in [1.29, 1.82) is 0 Å². The Labute approximate surface area is 135 Å². The molecule has 6 heteroatoms. The van der Waals surface area contributed by atoms with E-state index in [1.807, 2.05) is 12.1 Å². The van der Waals surface area contributed by atoms with Crippen LogP contribution in [0.3, 0.4) is 0 Å². The molecule has 1 atom stereocenters. The van der Waals surface area contributed by atoms with Crippen LogP contribution in [0.5, 0.6) is 0 Å². The number of hydrogen-bond acceptors (Lipinski definition) is 2. The van der Waals surface area contributed by atoms with Gasteiger partial charge in [0.2, 0.25) is 0 Å². The maximum atomic E-state index is 13.8. The van der Waals surface area contributed by atoms with Crippen molar-refractivity contribution in [2.75, 3.05) is 0 Å². The fourth-order valence-corrected chi connectivity index (χ4v) is 2.78. The van der Waals surface area contributed by atoms with E-state index in [9.17, 15) is 4.39 Å². The Morgan fingerprint density at radius 2 is 1.95 bits per heavy atom. The van der Waals surface area contributed by atoms with Gasteiger partial charge in [-0.2, -0.15) is 0 Å². The van der Waals surface area contributed by atoms with Gasteiger partial charge in [0, 0.05) is 14.5 Å². The van der Waals surface area contributed by atoms with Gasteiger partial charge in [-0.25, -0.2) is 4.39 Å². The highest BCUT2D eigenvalue weighted by Crippen LogP contribution is 2.29. The third-order valence-corrected chi connectivity index (χ3v) is 4.04. The van der Waals surface area contributed by atoms with Crippen LogP contribution in [0.4, 0.5) is 4.39 Å². The third kappa shape index (κ3) is 3.71. The molecule has 106 valence electrons. The molecule has 0 aliphatic rings. The van der Waals surface area contributed by atoms with Crippen LogP contribution in [0.25, 0.3) is 0 Å². The lowest BCUT2D eigenvalue weighted by molar-refractivity contribution is 0.529. The standard InChI is InChI=1S/C14H12BrCl2FN2/c15-9-1-3-12(17)11(7-9)14(20-19)6-8-5-10(16)2-4-13(8)18/h1-5,7,14,20H,6,19H2. The first-order valence-corrected chi connectivity index (χ1v) is 7.41. The molecule has 3 N–H and O–H groups in total. The molecule has 2 nitrogen and oxygen atoms in total. The van der Waals surface area contributed by atoms with Crippen molar-refractivity contribution in [3.8, 4) is 0 Å². The van der Waals surface area contributed by atoms with Crippen LogP contribution in [-0.4, -0.2) is 0 Å². The van der Waals surface area contributed by atoms with Crippen LogP contribution in [0.1, 0.15) is 17.2 Å². The maximum Gasteiger partial charge on any atom is 0.126 e. The van der Waals surface area contributed by atoms with Crippen molar-refractivity contribution >= 4 is 39.1 Å². The lowest BCUT2D eigenvalue weighted by Gasteiger charge is -2.18. The highest BCUT2D eigenvalue weighted by atomic mass is 79.9. The third-order valence-electron chi connectivity index (χ3n) is 2.97. The average molecular weight is 378 g/mol. The molecule has 0 saturated heterocycles. The molecule has 0 bridgehead atoms. The second-order valence-electron chi connectivity index (χ2n) is 4.32. The highest BCUT2D eigenvalue weighted by Gasteiger charge is 2.16. The summed E-state index contributed by atoms with van der Waals surface area (Å²) in [4.78, 5) is 0. The summed E-state index contributed by atoms with van der Waals surface area (Å²) in [6.07, 6.45) is 0.346. The molecule has 0 aromatic heterocycles. The van der Waals surface area contributed by atoms with Gasteiger partial charge in [-0.3, -0.25) is 11.3 Å². The Balaban J connectivity index is 2.33. The Morgan fingerprint density at radius 1 is 1.20 bits per heavy atom. The van der Waals surface area contributed by atoms with Gasteiger partial charge >= 0.3 is 0 Å². The largest absolute Gasteiger partial charge is 0.271 e. The summed E-state index contributed by atoms with van der Waals surface area (Å²) in [6, 6.07) is 9.58. The van der Waals surface area contributed by atoms with Crippen molar-refractivity contribution in [1.82, 2.24) is 5.43 Å². The fraction of sp³-hybridized carbons (Fsp3) is 0.143. The monoisotopic (exact) mass is 376 g/mol. The molecular weight excluding hydrogens is 366 g/mol. The van der Waals surface area contributed by atoms with Gasteiger partial charge in [0.15, 0.2) is 0 Å². The number of nitrogens with two attached hydrogens (primary N) is 1. The van der Waals surface area contributed by atoms with E-state index < -0.39 is 0 Å². The van der Waals surface area contributed by atoms with Gasteiger partial charge in [-0.1, -0.05) is 39.1 Å². The smallest absolute Gasteiger partial charge is 0.126 e. The van der Waals surface area contributed by atoms with Crippen molar-refractivity contribution in [3.63, 3.8) is 0 Å². The Hall–Kier alpha value is -0.650. The molecule has 2 rings (SSSR count). The zero-order valence-electron chi connectivity index (χ0n) is 10.3. The van der Waals surface area contributed by atoms with Gasteiger partial charge < -0.3 is 0 Å². The van der Waals surface area contributed by atoms with E-state index in [-0.39, 0.29) is 11.9 Å². The second-order valence-corrected chi connectivity index (χ2v) is 6.08. The predicted molar refractivity (Wildman–Crippen MR) is 84.3 cm³/mol. The van der Waals surface area contributed by atoms with E-state index in [0.717, 1.165) is 10.0 Å². The quantitative estimate of drug-likeness (QED) is 0.601. The van der Waals surface area contributed by atoms with Gasteiger partial charge in [0.05, 0.1) is 6.04 Å². The van der Waals surface area contributed by atoms with Crippen LogP contribution in [-0.2, 0) is 6.42 Å². The highest BCUT2D eigenvalue weighted by molar-refractivity contribution is 9.10. The van der Waals surface area contributed by atoms with Crippen molar-refractivity contribution in [3.05, 3.63) is 67.9 Å². The predicted octanol–water partition coefficient (Wildman–Crippen LogP) is 4.64. The average Bonchev–Trinajstić information content (AvgIpc) is 2.42. The zero-order chi connectivity index (χ0) is 14.7. The first-order valence-electron chi connectivity index (χ1n) is 5.86. The summed E-state index contributed by atoms with van der Waals surface area (Å²) in [5, 5.41) is 1.05. The zero-order valence-corrected chi connectivity index (χ0v) is 13.4. The Morgan fingerprint density at radius 3 is 2.65 bits per heavy atom. The molecule has 2 aromatic carbocycles. The van der Waals surface area contributed by atoms with Crippen molar-refractivity contribution < 1.29 is 4.39 Å². The minimum Gasteiger partial charge on any atom is -0.271 e. The molecule has 2 aromatic rings. The molecule has 0 saturated carbocycles.